The Bertz CT molecular complexity index is 562. The van der Waals surface area contributed by atoms with Gasteiger partial charge < -0.3 is 10.8 Å². The van der Waals surface area contributed by atoms with Gasteiger partial charge in [0, 0.05) is 16.2 Å². The Morgan fingerprint density at radius 2 is 1.91 bits per heavy atom. The van der Waals surface area contributed by atoms with Gasteiger partial charge in [0.05, 0.1) is 0 Å². The molecule has 0 amide bonds. The third-order valence-electron chi connectivity index (χ3n) is 4.85. The zero-order valence-electron chi connectivity index (χ0n) is 13.4. The van der Waals surface area contributed by atoms with Gasteiger partial charge in [0.15, 0.2) is 0 Å². The minimum absolute atomic E-state index is 0.277. The van der Waals surface area contributed by atoms with E-state index in [0.29, 0.717) is 10.7 Å². The standard InChI is InChI=1S/C17H25ClN2O2/c1-11(15(21)22)20-17(8-6-16(2,3)7-9-17)13-5-4-12(18)10-14(13)19/h4-5,10-11,20H,6-9,19H2,1-3H3,(H,21,22)/t11-/m1/s1. The maximum Gasteiger partial charge on any atom is 0.320 e. The molecule has 1 aromatic rings. The summed E-state index contributed by atoms with van der Waals surface area (Å²) in [6.45, 7) is 6.18. The lowest BCUT2D eigenvalue weighted by Crippen LogP contribution is -2.52. The number of hydrogen-bond donors (Lipinski definition) is 3. The van der Waals surface area contributed by atoms with Gasteiger partial charge in [-0.3, -0.25) is 10.1 Å². The first-order chi connectivity index (χ1) is 10.2. The SMILES string of the molecule is C[C@@H](NC1(c2ccc(Cl)cc2N)CCC(C)(C)CC1)C(=O)O. The molecule has 1 aromatic carbocycles. The molecule has 0 radical (unpaired) electrons. The van der Waals surface area contributed by atoms with E-state index in [1.165, 1.54) is 0 Å². The number of nitrogens with two attached hydrogens (primary N) is 1. The van der Waals surface area contributed by atoms with Gasteiger partial charge in [0.1, 0.15) is 6.04 Å². The van der Waals surface area contributed by atoms with Crippen molar-refractivity contribution in [2.24, 2.45) is 5.41 Å². The summed E-state index contributed by atoms with van der Waals surface area (Å²) < 4.78 is 0. The Morgan fingerprint density at radius 3 is 2.41 bits per heavy atom. The van der Waals surface area contributed by atoms with Crippen LogP contribution in [0.3, 0.4) is 0 Å². The Labute approximate surface area is 137 Å². The summed E-state index contributed by atoms with van der Waals surface area (Å²) in [5.74, 6) is -0.850. The number of aliphatic carboxylic acids is 1. The molecule has 4 N–H and O–H groups in total. The molecule has 0 aliphatic heterocycles. The highest BCUT2D eigenvalue weighted by molar-refractivity contribution is 6.30. The first kappa shape index (κ1) is 17.1. The van der Waals surface area contributed by atoms with Crippen LogP contribution in [0.2, 0.25) is 5.02 Å². The number of rotatable bonds is 4. The fraction of sp³-hybridized carbons (Fsp3) is 0.588. The lowest BCUT2D eigenvalue weighted by molar-refractivity contribution is -0.139. The third kappa shape index (κ3) is 3.55. The number of carboxylic acids is 1. The van der Waals surface area contributed by atoms with Crippen LogP contribution in [0.15, 0.2) is 18.2 Å². The molecular weight excluding hydrogens is 300 g/mol. The molecule has 0 spiro atoms. The lowest BCUT2D eigenvalue weighted by atomic mass is 9.66. The van der Waals surface area contributed by atoms with Crippen molar-refractivity contribution in [3.8, 4) is 0 Å². The molecule has 1 saturated carbocycles. The number of nitrogen functional groups attached to an aromatic ring is 1. The van der Waals surface area contributed by atoms with Gasteiger partial charge in [-0.25, -0.2) is 0 Å². The number of hydrogen-bond acceptors (Lipinski definition) is 3. The van der Waals surface area contributed by atoms with Gasteiger partial charge in [0.2, 0.25) is 0 Å². The number of anilines is 1. The van der Waals surface area contributed by atoms with Crippen molar-refractivity contribution in [2.45, 2.75) is 58.0 Å². The van der Waals surface area contributed by atoms with E-state index in [0.717, 1.165) is 31.2 Å². The predicted molar refractivity (Wildman–Crippen MR) is 90.0 cm³/mol. The van der Waals surface area contributed by atoms with Crippen LogP contribution in [0.25, 0.3) is 0 Å². The minimum atomic E-state index is -0.850. The normalized spacial score (nSPS) is 21.3. The second-order valence-electron chi connectivity index (χ2n) is 7.18. The molecule has 0 unspecified atom stereocenters. The molecule has 0 bridgehead atoms. The molecular formula is C17H25ClN2O2. The predicted octanol–water partition coefficient (Wildman–Crippen LogP) is 3.78. The average Bonchev–Trinajstić information content (AvgIpc) is 2.41. The van der Waals surface area contributed by atoms with E-state index in [-0.39, 0.29) is 5.41 Å². The molecule has 22 heavy (non-hydrogen) atoms. The van der Waals surface area contributed by atoms with Crippen molar-refractivity contribution in [2.75, 3.05) is 5.73 Å². The number of carbonyl (C=O) groups is 1. The van der Waals surface area contributed by atoms with E-state index >= 15 is 0 Å². The smallest absolute Gasteiger partial charge is 0.320 e. The Balaban J connectivity index is 2.39. The van der Waals surface area contributed by atoms with Crippen molar-refractivity contribution in [1.29, 1.82) is 0 Å². The second kappa shape index (κ2) is 6.09. The summed E-state index contributed by atoms with van der Waals surface area (Å²) in [6.07, 6.45) is 3.77. The van der Waals surface area contributed by atoms with Crippen molar-refractivity contribution < 1.29 is 9.90 Å². The molecule has 2 rings (SSSR count). The number of carboxylic acid groups (broad SMARTS) is 1. The van der Waals surface area contributed by atoms with Crippen molar-refractivity contribution in [3.05, 3.63) is 28.8 Å². The molecule has 5 heteroatoms. The number of halogens is 1. The van der Waals surface area contributed by atoms with Crippen LogP contribution in [0.5, 0.6) is 0 Å². The molecule has 1 fully saturated rings. The monoisotopic (exact) mass is 324 g/mol. The van der Waals surface area contributed by atoms with Gasteiger partial charge in [-0.15, -0.1) is 0 Å². The molecule has 0 saturated heterocycles. The topological polar surface area (TPSA) is 75.3 Å². The average molecular weight is 325 g/mol. The Kier molecular flexibility index (Phi) is 4.73. The van der Waals surface area contributed by atoms with Crippen molar-refractivity contribution in [1.82, 2.24) is 5.32 Å². The molecule has 4 nitrogen and oxygen atoms in total. The van der Waals surface area contributed by atoms with Gasteiger partial charge in [-0.05, 0) is 55.7 Å². The van der Waals surface area contributed by atoms with Gasteiger partial charge >= 0.3 is 5.97 Å². The summed E-state index contributed by atoms with van der Waals surface area (Å²) in [5.41, 5.74) is 7.64. The van der Waals surface area contributed by atoms with E-state index in [2.05, 4.69) is 19.2 Å². The maximum atomic E-state index is 11.3. The minimum Gasteiger partial charge on any atom is -0.480 e. The van der Waals surface area contributed by atoms with Crippen LogP contribution < -0.4 is 11.1 Å². The molecule has 1 aliphatic rings. The molecule has 1 atom stereocenters. The van der Waals surface area contributed by atoms with E-state index in [1.807, 2.05) is 12.1 Å². The fourth-order valence-electron chi connectivity index (χ4n) is 3.29. The fourth-order valence-corrected chi connectivity index (χ4v) is 3.47. The van der Waals surface area contributed by atoms with Gasteiger partial charge in [-0.2, -0.15) is 0 Å². The van der Waals surface area contributed by atoms with Crippen LogP contribution in [0, 0.1) is 5.41 Å². The van der Waals surface area contributed by atoms with Gasteiger partial charge in [0.25, 0.3) is 0 Å². The Morgan fingerprint density at radius 1 is 1.32 bits per heavy atom. The van der Waals surface area contributed by atoms with E-state index in [4.69, 9.17) is 17.3 Å². The van der Waals surface area contributed by atoms with Crippen LogP contribution >= 0.6 is 11.6 Å². The molecule has 122 valence electrons. The van der Waals surface area contributed by atoms with Crippen LogP contribution in [-0.2, 0) is 10.3 Å². The van der Waals surface area contributed by atoms with E-state index < -0.39 is 17.6 Å². The quantitative estimate of drug-likeness (QED) is 0.737. The van der Waals surface area contributed by atoms with E-state index in [9.17, 15) is 9.90 Å². The van der Waals surface area contributed by atoms with Gasteiger partial charge in [-0.1, -0.05) is 31.5 Å². The molecule has 0 heterocycles. The first-order valence-electron chi connectivity index (χ1n) is 7.71. The largest absolute Gasteiger partial charge is 0.480 e. The summed E-state index contributed by atoms with van der Waals surface area (Å²) >= 11 is 6.01. The first-order valence-corrected chi connectivity index (χ1v) is 8.09. The highest BCUT2D eigenvalue weighted by Crippen LogP contribution is 2.47. The van der Waals surface area contributed by atoms with E-state index in [1.54, 1.807) is 13.0 Å². The van der Waals surface area contributed by atoms with Crippen LogP contribution in [0.1, 0.15) is 52.0 Å². The van der Waals surface area contributed by atoms with Crippen LogP contribution in [0.4, 0.5) is 5.69 Å². The molecule has 1 aliphatic carbocycles. The Hall–Kier alpha value is -1.26. The maximum absolute atomic E-state index is 11.3. The van der Waals surface area contributed by atoms with Crippen LogP contribution in [-0.4, -0.2) is 17.1 Å². The highest BCUT2D eigenvalue weighted by atomic mass is 35.5. The number of nitrogens with one attached hydrogen (secondary N) is 1. The summed E-state index contributed by atoms with van der Waals surface area (Å²) in [6, 6.07) is 4.86. The summed E-state index contributed by atoms with van der Waals surface area (Å²) in [5, 5.41) is 13.2. The highest BCUT2D eigenvalue weighted by Gasteiger charge is 2.42. The zero-order valence-corrected chi connectivity index (χ0v) is 14.2. The van der Waals surface area contributed by atoms with Crippen molar-refractivity contribution >= 4 is 23.3 Å². The lowest BCUT2D eigenvalue weighted by Gasteiger charge is -2.46. The second-order valence-corrected chi connectivity index (χ2v) is 7.62. The summed E-state index contributed by atoms with van der Waals surface area (Å²) in [4.78, 5) is 11.3. The summed E-state index contributed by atoms with van der Waals surface area (Å²) in [7, 11) is 0. The zero-order chi connectivity index (χ0) is 16.5. The third-order valence-corrected chi connectivity index (χ3v) is 5.08. The molecule has 0 aromatic heterocycles. The number of benzene rings is 1. The van der Waals surface area contributed by atoms with Crippen molar-refractivity contribution in [3.63, 3.8) is 0 Å².